The number of aliphatic hydroxyl groups is 1. The first-order valence-electron chi connectivity index (χ1n) is 6.18. The highest BCUT2D eigenvalue weighted by Gasteiger charge is 2.27. The third-order valence-electron chi connectivity index (χ3n) is 3.53. The molecule has 0 spiro atoms. The number of aromatic nitrogens is 1. The lowest BCUT2D eigenvalue weighted by molar-refractivity contribution is 0.153. The Kier molecular flexibility index (Phi) is 3.07. The summed E-state index contributed by atoms with van der Waals surface area (Å²) in [6, 6.07) is 0. The van der Waals surface area contributed by atoms with E-state index in [9.17, 15) is 13.5 Å². The highest BCUT2D eigenvalue weighted by atomic mass is 32.2. The summed E-state index contributed by atoms with van der Waals surface area (Å²) in [6.07, 6.45) is 2.33. The van der Waals surface area contributed by atoms with Crippen LogP contribution in [-0.4, -0.2) is 43.1 Å². The number of anilines is 1. The first-order chi connectivity index (χ1) is 8.55. The molecule has 1 aromatic heterocycles. The van der Waals surface area contributed by atoms with Crippen molar-refractivity contribution in [3.63, 3.8) is 0 Å². The van der Waals surface area contributed by atoms with Gasteiger partial charge in [-0.1, -0.05) is 0 Å². The van der Waals surface area contributed by atoms with Crippen LogP contribution in [0.1, 0.15) is 29.5 Å². The van der Waals surface area contributed by atoms with Crippen LogP contribution in [0.4, 0.5) is 5.13 Å². The zero-order chi connectivity index (χ0) is 12.8. The van der Waals surface area contributed by atoms with Gasteiger partial charge in [0.15, 0.2) is 15.0 Å². The van der Waals surface area contributed by atoms with Crippen LogP contribution in [0.3, 0.4) is 0 Å². The standard InChI is InChI=1S/C11H16N2O3S2/c14-8-2-1-3-9-10(8)12-11(17-9)13-4-6-18(15,16)7-5-13/h8,14H,1-7H2. The first-order valence-corrected chi connectivity index (χ1v) is 8.82. The summed E-state index contributed by atoms with van der Waals surface area (Å²) < 4.78 is 22.8. The van der Waals surface area contributed by atoms with Gasteiger partial charge in [0.1, 0.15) is 0 Å². The summed E-state index contributed by atoms with van der Waals surface area (Å²) in [5.74, 6) is 0.416. The molecular formula is C11H16N2O3S2. The number of nitrogens with zero attached hydrogens (tertiary/aromatic N) is 2. The molecule has 100 valence electrons. The third kappa shape index (κ3) is 2.26. The highest BCUT2D eigenvalue weighted by Crippen LogP contribution is 2.36. The lowest BCUT2D eigenvalue weighted by atomic mass is 10.0. The van der Waals surface area contributed by atoms with E-state index in [2.05, 4.69) is 4.98 Å². The van der Waals surface area contributed by atoms with E-state index in [1.807, 2.05) is 4.90 Å². The van der Waals surface area contributed by atoms with Crippen LogP contribution in [0, 0.1) is 0 Å². The molecule has 0 bridgehead atoms. The van der Waals surface area contributed by atoms with Gasteiger partial charge in [-0.15, -0.1) is 11.3 Å². The topological polar surface area (TPSA) is 70.5 Å². The van der Waals surface area contributed by atoms with Gasteiger partial charge in [0, 0.05) is 18.0 Å². The van der Waals surface area contributed by atoms with E-state index in [1.54, 1.807) is 11.3 Å². The lowest BCUT2D eigenvalue weighted by Crippen LogP contribution is -2.40. The van der Waals surface area contributed by atoms with Crippen molar-refractivity contribution < 1.29 is 13.5 Å². The van der Waals surface area contributed by atoms with Crippen molar-refractivity contribution in [2.75, 3.05) is 29.5 Å². The van der Waals surface area contributed by atoms with E-state index in [0.717, 1.165) is 35.0 Å². The summed E-state index contributed by atoms with van der Waals surface area (Å²) in [5.41, 5.74) is 0.815. The van der Waals surface area contributed by atoms with Crippen LogP contribution < -0.4 is 4.90 Å². The highest BCUT2D eigenvalue weighted by molar-refractivity contribution is 7.91. The minimum absolute atomic E-state index is 0.208. The third-order valence-corrected chi connectivity index (χ3v) is 6.33. The fraction of sp³-hybridized carbons (Fsp3) is 0.727. The molecule has 1 N–H and O–H groups in total. The summed E-state index contributed by atoms with van der Waals surface area (Å²) in [6.45, 7) is 1.04. The van der Waals surface area contributed by atoms with Gasteiger partial charge < -0.3 is 10.0 Å². The van der Waals surface area contributed by atoms with Gasteiger partial charge in [0.05, 0.1) is 23.3 Å². The van der Waals surface area contributed by atoms with Crippen molar-refractivity contribution >= 4 is 26.3 Å². The van der Waals surface area contributed by atoms with E-state index < -0.39 is 15.9 Å². The van der Waals surface area contributed by atoms with Gasteiger partial charge >= 0.3 is 0 Å². The maximum atomic E-state index is 11.4. The largest absolute Gasteiger partial charge is 0.387 e. The van der Waals surface area contributed by atoms with Crippen LogP contribution in [0.2, 0.25) is 0 Å². The van der Waals surface area contributed by atoms with Crippen LogP contribution in [0.25, 0.3) is 0 Å². The average molecular weight is 288 g/mol. The van der Waals surface area contributed by atoms with Gasteiger partial charge in [0.2, 0.25) is 0 Å². The molecule has 1 aliphatic heterocycles. The molecule has 18 heavy (non-hydrogen) atoms. The normalized spacial score (nSPS) is 26.9. The molecule has 0 saturated carbocycles. The van der Waals surface area contributed by atoms with Crippen LogP contribution >= 0.6 is 11.3 Å². The number of hydrogen-bond acceptors (Lipinski definition) is 6. The van der Waals surface area contributed by atoms with Gasteiger partial charge in [-0.05, 0) is 19.3 Å². The van der Waals surface area contributed by atoms with E-state index in [4.69, 9.17) is 0 Å². The second-order valence-corrected chi connectivity index (χ2v) is 8.22. The Morgan fingerprint density at radius 2 is 2.06 bits per heavy atom. The second-order valence-electron chi connectivity index (χ2n) is 4.85. The molecule has 1 aromatic rings. The second kappa shape index (κ2) is 4.47. The van der Waals surface area contributed by atoms with Crippen molar-refractivity contribution in [3.05, 3.63) is 10.6 Å². The number of thiazole rings is 1. The van der Waals surface area contributed by atoms with Crippen molar-refractivity contribution in [1.29, 1.82) is 0 Å². The Morgan fingerprint density at radius 1 is 1.33 bits per heavy atom. The molecule has 3 rings (SSSR count). The predicted octanol–water partition coefficient (Wildman–Crippen LogP) is 0.748. The van der Waals surface area contributed by atoms with Crippen LogP contribution in [-0.2, 0) is 16.3 Å². The SMILES string of the molecule is O=S1(=O)CCN(c2nc3c(s2)CCCC3O)CC1. The zero-order valence-electron chi connectivity index (χ0n) is 10.0. The molecule has 1 atom stereocenters. The quantitative estimate of drug-likeness (QED) is 0.825. The molecular weight excluding hydrogens is 272 g/mol. The lowest BCUT2D eigenvalue weighted by Gasteiger charge is -2.25. The predicted molar refractivity (Wildman–Crippen MR) is 70.9 cm³/mol. The summed E-state index contributed by atoms with van der Waals surface area (Å²) in [7, 11) is -2.85. The Morgan fingerprint density at radius 3 is 2.72 bits per heavy atom. The molecule has 7 heteroatoms. The number of aliphatic hydroxyl groups excluding tert-OH is 1. The summed E-state index contributed by atoms with van der Waals surface area (Å²) in [5, 5.41) is 10.8. The van der Waals surface area contributed by atoms with Crippen molar-refractivity contribution in [2.24, 2.45) is 0 Å². The number of fused-ring (bicyclic) bond motifs is 1. The monoisotopic (exact) mass is 288 g/mol. The van der Waals surface area contributed by atoms with Gasteiger partial charge in [-0.3, -0.25) is 0 Å². The smallest absolute Gasteiger partial charge is 0.185 e. The summed E-state index contributed by atoms with van der Waals surface area (Å²) in [4.78, 5) is 7.69. The number of sulfone groups is 1. The average Bonchev–Trinajstić information content (AvgIpc) is 2.74. The Bertz CT molecular complexity index is 539. The number of rotatable bonds is 1. The molecule has 5 nitrogen and oxygen atoms in total. The maximum absolute atomic E-state index is 11.4. The van der Waals surface area contributed by atoms with Gasteiger partial charge in [0.25, 0.3) is 0 Å². The van der Waals surface area contributed by atoms with Crippen molar-refractivity contribution in [2.45, 2.75) is 25.4 Å². The first kappa shape index (κ1) is 12.4. The number of hydrogen-bond donors (Lipinski definition) is 1. The van der Waals surface area contributed by atoms with E-state index in [1.165, 1.54) is 0 Å². The Labute approximate surface area is 110 Å². The fourth-order valence-electron chi connectivity index (χ4n) is 2.42. The molecule has 2 aliphatic rings. The molecule has 0 radical (unpaired) electrons. The Hall–Kier alpha value is -0.660. The van der Waals surface area contributed by atoms with Crippen molar-refractivity contribution in [3.8, 4) is 0 Å². The molecule has 1 fully saturated rings. The number of aryl methyl sites for hydroxylation is 1. The minimum Gasteiger partial charge on any atom is -0.387 e. The fourth-order valence-corrected chi connectivity index (χ4v) is 4.83. The maximum Gasteiger partial charge on any atom is 0.185 e. The molecule has 0 aromatic carbocycles. The molecule has 1 aliphatic carbocycles. The van der Waals surface area contributed by atoms with Crippen molar-refractivity contribution in [1.82, 2.24) is 4.98 Å². The van der Waals surface area contributed by atoms with Crippen LogP contribution in [0.15, 0.2) is 0 Å². The van der Waals surface area contributed by atoms with Gasteiger partial charge in [-0.2, -0.15) is 0 Å². The molecule has 1 saturated heterocycles. The van der Waals surface area contributed by atoms with E-state index in [0.29, 0.717) is 13.1 Å². The van der Waals surface area contributed by atoms with E-state index >= 15 is 0 Å². The Balaban J connectivity index is 1.82. The van der Waals surface area contributed by atoms with Gasteiger partial charge in [-0.25, -0.2) is 13.4 Å². The molecule has 1 unspecified atom stereocenters. The van der Waals surface area contributed by atoms with Crippen LogP contribution in [0.5, 0.6) is 0 Å². The zero-order valence-corrected chi connectivity index (χ0v) is 11.6. The molecule has 2 heterocycles. The molecule has 0 amide bonds. The summed E-state index contributed by atoms with van der Waals surface area (Å²) >= 11 is 1.61. The van der Waals surface area contributed by atoms with E-state index in [-0.39, 0.29) is 11.5 Å². The minimum atomic E-state index is -2.85.